The number of nitrogens with zero attached hydrogens (tertiary/aromatic N) is 1. The van der Waals surface area contributed by atoms with Gasteiger partial charge in [-0.05, 0) is 29.7 Å². The Kier molecular flexibility index (Phi) is 4.52. The van der Waals surface area contributed by atoms with E-state index >= 15 is 0 Å². The highest BCUT2D eigenvalue weighted by Gasteiger charge is 2.01. The summed E-state index contributed by atoms with van der Waals surface area (Å²) in [5, 5.41) is 12.2. The van der Waals surface area contributed by atoms with Crippen molar-refractivity contribution in [2.24, 2.45) is 0 Å². The van der Waals surface area contributed by atoms with E-state index in [1.807, 2.05) is 12.1 Å². The van der Waals surface area contributed by atoms with Gasteiger partial charge in [-0.25, -0.2) is 0 Å². The van der Waals surface area contributed by atoms with Crippen molar-refractivity contribution in [3.05, 3.63) is 57.3 Å². The van der Waals surface area contributed by atoms with Crippen molar-refractivity contribution in [2.75, 3.05) is 0 Å². The number of thiophene rings is 1. The van der Waals surface area contributed by atoms with Crippen LogP contribution in [0.1, 0.15) is 27.8 Å². The van der Waals surface area contributed by atoms with Gasteiger partial charge in [0.05, 0.1) is 0 Å². The Morgan fingerprint density at radius 3 is 2.56 bits per heavy atom. The van der Waals surface area contributed by atoms with Crippen LogP contribution in [0.25, 0.3) is 0 Å². The molecule has 92 valence electrons. The summed E-state index contributed by atoms with van der Waals surface area (Å²) in [6.07, 6.45) is 1.06. The second kappa shape index (κ2) is 6.34. The topological polar surface area (TPSA) is 35.8 Å². The first-order valence-corrected chi connectivity index (χ1v) is 6.91. The van der Waals surface area contributed by atoms with Gasteiger partial charge >= 0.3 is 0 Å². The van der Waals surface area contributed by atoms with Crippen molar-refractivity contribution in [3.63, 3.8) is 0 Å². The summed E-state index contributed by atoms with van der Waals surface area (Å²) in [5.74, 6) is 0. The molecule has 0 atom stereocenters. The second-order valence-electron chi connectivity index (χ2n) is 4.10. The van der Waals surface area contributed by atoms with Gasteiger partial charge in [-0.15, -0.1) is 11.3 Å². The molecule has 2 rings (SSSR count). The number of benzene rings is 1. The van der Waals surface area contributed by atoms with E-state index in [4.69, 9.17) is 5.26 Å². The molecule has 1 aromatic heterocycles. The normalized spacial score (nSPS) is 10.2. The lowest BCUT2D eigenvalue weighted by atomic mass is 10.1. The molecule has 0 amide bonds. The van der Waals surface area contributed by atoms with Gasteiger partial charge in [-0.2, -0.15) is 5.26 Å². The molecule has 2 nitrogen and oxygen atoms in total. The van der Waals surface area contributed by atoms with E-state index in [0.29, 0.717) is 0 Å². The molecule has 0 aliphatic heterocycles. The van der Waals surface area contributed by atoms with Crippen molar-refractivity contribution in [1.82, 2.24) is 5.32 Å². The number of rotatable bonds is 5. The fourth-order valence-corrected chi connectivity index (χ4v) is 2.70. The molecule has 0 saturated carbocycles. The molecular weight excluding hydrogens is 240 g/mol. The van der Waals surface area contributed by atoms with Gasteiger partial charge in [0.1, 0.15) is 10.9 Å². The number of aryl methyl sites for hydroxylation is 1. The summed E-state index contributed by atoms with van der Waals surface area (Å²) < 4.78 is 0. The Balaban J connectivity index is 1.90. The Bertz CT molecular complexity index is 552. The molecule has 0 bridgehead atoms. The molecule has 0 unspecified atom stereocenters. The SMILES string of the molecule is CCc1ccccc1CNCc1ccc(C#N)s1. The number of nitriles is 1. The summed E-state index contributed by atoms with van der Waals surface area (Å²) in [7, 11) is 0. The molecule has 0 spiro atoms. The van der Waals surface area contributed by atoms with Gasteiger partial charge < -0.3 is 5.32 Å². The highest BCUT2D eigenvalue weighted by atomic mass is 32.1. The molecule has 0 aliphatic rings. The smallest absolute Gasteiger partial charge is 0.110 e. The van der Waals surface area contributed by atoms with Gasteiger partial charge in [-0.1, -0.05) is 31.2 Å². The fourth-order valence-electron chi connectivity index (χ4n) is 1.93. The van der Waals surface area contributed by atoms with Crippen LogP contribution in [-0.4, -0.2) is 0 Å². The third-order valence-corrected chi connectivity index (χ3v) is 3.88. The standard InChI is InChI=1S/C15H16N2S/c1-2-12-5-3-4-6-13(12)10-17-11-15-8-7-14(9-16)18-15/h3-8,17H,2,10-11H2,1H3. The van der Waals surface area contributed by atoms with Gasteiger partial charge in [-0.3, -0.25) is 0 Å². The van der Waals surface area contributed by atoms with Crippen molar-refractivity contribution < 1.29 is 0 Å². The van der Waals surface area contributed by atoms with E-state index in [9.17, 15) is 0 Å². The summed E-state index contributed by atoms with van der Waals surface area (Å²) >= 11 is 1.55. The van der Waals surface area contributed by atoms with Crippen molar-refractivity contribution in [3.8, 4) is 6.07 Å². The minimum absolute atomic E-state index is 0.778. The predicted octanol–water partition coefficient (Wildman–Crippen LogP) is 3.47. The zero-order valence-electron chi connectivity index (χ0n) is 10.4. The summed E-state index contributed by atoms with van der Waals surface area (Å²) in [5.41, 5.74) is 2.76. The van der Waals surface area contributed by atoms with E-state index in [-0.39, 0.29) is 0 Å². The summed E-state index contributed by atoms with van der Waals surface area (Å²) in [6.45, 7) is 3.88. The van der Waals surface area contributed by atoms with E-state index < -0.39 is 0 Å². The monoisotopic (exact) mass is 256 g/mol. The van der Waals surface area contributed by atoms with Gasteiger partial charge in [0, 0.05) is 18.0 Å². The molecule has 0 saturated heterocycles. The molecule has 2 aromatic rings. The van der Waals surface area contributed by atoms with E-state index in [2.05, 4.69) is 42.6 Å². The van der Waals surface area contributed by atoms with Crippen molar-refractivity contribution in [2.45, 2.75) is 26.4 Å². The van der Waals surface area contributed by atoms with E-state index in [1.165, 1.54) is 16.0 Å². The Morgan fingerprint density at radius 2 is 1.89 bits per heavy atom. The third-order valence-electron chi connectivity index (χ3n) is 2.89. The Hall–Kier alpha value is -1.63. The summed E-state index contributed by atoms with van der Waals surface area (Å²) in [6, 6.07) is 14.6. The number of nitrogens with one attached hydrogen (secondary N) is 1. The largest absolute Gasteiger partial charge is 0.308 e. The maximum Gasteiger partial charge on any atom is 0.110 e. The molecule has 1 heterocycles. The molecule has 1 N–H and O–H groups in total. The fraction of sp³-hybridized carbons (Fsp3) is 0.267. The molecule has 18 heavy (non-hydrogen) atoms. The zero-order valence-corrected chi connectivity index (χ0v) is 11.3. The minimum atomic E-state index is 0.778. The molecular formula is C15H16N2S. The van der Waals surface area contributed by atoms with Crippen LogP contribution in [0.5, 0.6) is 0 Å². The van der Waals surface area contributed by atoms with E-state index in [1.54, 1.807) is 11.3 Å². The average Bonchev–Trinajstić information content (AvgIpc) is 2.87. The Morgan fingerprint density at radius 1 is 1.11 bits per heavy atom. The molecule has 3 heteroatoms. The number of hydrogen-bond donors (Lipinski definition) is 1. The third kappa shape index (κ3) is 3.19. The highest BCUT2D eigenvalue weighted by Crippen LogP contribution is 2.15. The van der Waals surface area contributed by atoms with Gasteiger partial charge in [0.25, 0.3) is 0 Å². The second-order valence-corrected chi connectivity index (χ2v) is 5.27. The van der Waals surface area contributed by atoms with Crippen LogP contribution in [-0.2, 0) is 19.5 Å². The van der Waals surface area contributed by atoms with Crippen molar-refractivity contribution in [1.29, 1.82) is 5.26 Å². The number of hydrogen-bond acceptors (Lipinski definition) is 3. The lowest BCUT2D eigenvalue weighted by Gasteiger charge is -2.08. The quantitative estimate of drug-likeness (QED) is 0.889. The highest BCUT2D eigenvalue weighted by molar-refractivity contribution is 7.12. The van der Waals surface area contributed by atoms with E-state index in [0.717, 1.165) is 24.4 Å². The van der Waals surface area contributed by atoms with Crippen LogP contribution in [0.2, 0.25) is 0 Å². The molecule has 0 fully saturated rings. The maximum atomic E-state index is 8.76. The van der Waals surface area contributed by atoms with Crippen LogP contribution in [0.3, 0.4) is 0 Å². The first-order valence-electron chi connectivity index (χ1n) is 6.09. The maximum absolute atomic E-state index is 8.76. The van der Waals surface area contributed by atoms with Gasteiger partial charge in [0.15, 0.2) is 0 Å². The molecule has 0 aliphatic carbocycles. The lowest BCUT2D eigenvalue weighted by Crippen LogP contribution is -2.13. The zero-order chi connectivity index (χ0) is 12.8. The van der Waals surface area contributed by atoms with Crippen LogP contribution >= 0.6 is 11.3 Å². The minimum Gasteiger partial charge on any atom is -0.308 e. The predicted molar refractivity (Wildman–Crippen MR) is 75.4 cm³/mol. The average molecular weight is 256 g/mol. The van der Waals surface area contributed by atoms with Crippen LogP contribution in [0.15, 0.2) is 36.4 Å². The van der Waals surface area contributed by atoms with Crippen LogP contribution in [0.4, 0.5) is 0 Å². The van der Waals surface area contributed by atoms with Crippen LogP contribution < -0.4 is 5.32 Å². The molecule has 1 aromatic carbocycles. The van der Waals surface area contributed by atoms with Crippen molar-refractivity contribution >= 4 is 11.3 Å². The Labute approximate surface area is 112 Å². The molecule has 0 radical (unpaired) electrons. The van der Waals surface area contributed by atoms with Crippen LogP contribution in [0, 0.1) is 11.3 Å². The first kappa shape index (κ1) is 12.8. The first-order chi connectivity index (χ1) is 8.83. The summed E-state index contributed by atoms with van der Waals surface area (Å²) in [4.78, 5) is 1.99. The van der Waals surface area contributed by atoms with Gasteiger partial charge in [0.2, 0.25) is 0 Å². The lowest BCUT2D eigenvalue weighted by molar-refractivity contribution is 0.695.